The van der Waals surface area contributed by atoms with Gasteiger partial charge in [0.25, 0.3) is 0 Å². The summed E-state index contributed by atoms with van der Waals surface area (Å²) >= 11 is 0. The molecule has 0 saturated heterocycles. The summed E-state index contributed by atoms with van der Waals surface area (Å²) in [7, 11) is 3.28. The second kappa shape index (κ2) is 6.97. The van der Waals surface area contributed by atoms with Crippen LogP contribution >= 0.6 is 0 Å². The van der Waals surface area contributed by atoms with Crippen LogP contribution in [0.2, 0.25) is 0 Å². The Bertz CT molecular complexity index is 1020. The van der Waals surface area contributed by atoms with E-state index in [0.29, 0.717) is 18.2 Å². The molecule has 1 atom stereocenters. The van der Waals surface area contributed by atoms with Crippen LogP contribution in [0.1, 0.15) is 17.6 Å². The smallest absolute Gasteiger partial charge is 0.247 e. The van der Waals surface area contributed by atoms with Gasteiger partial charge in [0.15, 0.2) is 0 Å². The van der Waals surface area contributed by atoms with Crippen molar-refractivity contribution in [2.75, 3.05) is 14.2 Å². The molecule has 4 rings (SSSR count). The zero-order valence-electron chi connectivity index (χ0n) is 14.5. The third-order valence-corrected chi connectivity index (χ3v) is 4.22. The Labute approximate surface area is 150 Å². The number of hydrogen-bond donors (Lipinski definition) is 1. The number of ether oxygens (including phenoxy) is 2. The summed E-state index contributed by atoms with van der Waals surface area (Å²) in [5.74, 6) is 1.69. The molecular weight excluding hydrogens is 332 g/mol. The van der Waals surface area contributed by atoms with Crippen LogP contribution in [0.5, 0.6) is 5.75 Å². The van der Waals surface area contributed by atoms with Crippen molar-refractivity contribution in [3.8, 4) is 17.2 Å². The number of H-pyrrole nitrogens is 1. The van der Waals surface area contributed by atoms with Gasteiger partial charge in [-0.15, -0.1) is 10.2 Å². The molecule has 0 saturated carbocycles. The third kappa shape index (κ3) is 3.16. The Morgan fingerprint density at radius 2 is 2.04 bits per heavy atom. The van der Waals surface area contributed by atoms with Crippen LogP contribution in [0.4, 0.5) is 0 Å². The first-order valence-corrected chi connectivity index (χ1v) is 8.19. The molecule has 0 spiro atoms. The van der Waals surface area contributed by atoms with Crippen LogP contribution in [-0.4, -0.2) is 34.4 Å². The molecule has 0 aliphatic heterocycles. The summed E-state index contributed by atoms with van der Waals surface area (Å²) in [6.07, 6.45) is 1.93. The van der Waals surface area contributed by atoms with E-state index in [0.717, 1.165) is 27.9 Å². The predicted octanol–water partition coefficient (Wildman–Crippen LogP) is 3.55. The largest absolute Gasteiger partial charge is 0.497 e. The van der Waals surface area contributed by atoms with Gasteiger partial charge in [-0.1, -0.05) is 12.1 Å². The van der Waals surface area contributed by atoms with Crippen molar-refractivity contribution >= 4 is 11.0 Å². The maximum Gasteiger partial charge on any atom is 0.247 e. The minimum absolute atomic E-state index is 0.334. The number of imidazole rings is 1. The van der Waals surface area contributed by atoms with Crippen molar-refractivity contribution in [3.63, 3.8) is 0 Å². The average molecular weight is 350 g/mol. The van der Waals surface area contributed by atoms with Crippen molar-refractivity contribution in [3.05, 3.63) is 60.2 Å². The number of aromatic nitrogens is 4. The number of benzene rings is 2. The van der Waals surface area contributed by atoms with Crippen molar-refractivity contribution in [1.82, 2.24) is 20.2 Å². The van der Waals surface area contributed by atoms with Gasteiger partial charge in [-0.3, -0.25) is 0 Å². The van der Waals surface area contributed by atoms with Gasteiger partial charge in [-0.25, -0.2) is 4.98 Å². The Hall–Kier alpha value is -3.19. The lowest BCUT2D eigenvalue weighted by Gasteiger charge is -2.11. The molecular formula is C19H18N4O3. The van der Waals surface area contributed by atoms with Gasteiger partial charge in [0.05, 0.1) is 24.5 Å². The number of fused-ring (bicyclic) bond motifs is 1. The van der Waals surface area contributed by atoms with Gasteiger partial charge in [-0.2, -0.15) is 0 Å². The third-order valence-electron chi connectivity index (χ3n) is 4.22. The molecule has 4 aromatic rings. The van der Waals surface area contributed by atoms with Crippen LogP contribution < -0.4 is 4.74 Å². The molecule has 0 aliphatic carbocycles. The molecule has 7 heteroatoms. The van der Waals surface area contributed by atoms with E-state index in [1.807, 2.05) is 42.5 Å². The highest BCUT2D eigenvalue weighted by Crippen LogP contribution is 2.27. The lowest BCUT2D eigenvalue weighted by Crippen LogP contribution is -2.06. The number of nitrogens with zero attached hydrogens (tertiary/aromatic N) is 3. The molecule has 0 fully saturated rings. The fourth-order valence-corrected chi connectivity index (χ4v) is 2.83. The minimum atomic E-state index is -0.334. The zero-order chi connectivity index (χ0) is 17.9. The monoisotopic (exact) mass is 350 g/mol. The number of nitrogens with one attached hydrogen (secondary N) is 1. The second-order valence-corrected chi connectivity index (χ2v) is 5.86. The van der Waals surface area contributed by atoms with Crippen LogP contribution in [0, 0.1) is 0 Å². The van der Waals surface area contributed by atoms with E-state index in [-0.39, 0.29) is 6.10 Å². The summed E-state index contributed by atoms with van der Waals surface area (Å²) in [5.41, 5.74) is 3.70. The van der Waals surface area contributed by atoms with E-state index in [4.69, 9.17) is 13.9 Å². The lowest BCUT2D eigenvalue weighted by molar-refractivity contribution is 0.0799. The summed E-state index contributed by atoms with van der Waals surface area (Å²) in [5, 5.41) is 8.34. The van der Waals surface area contributed by atoms with Gasteiger partial charge in [-0.05, 0) is 35.9 Å². The average Bonchev–Trinajstić information content (AvgIpc) is 3.35. The first-order valence-electron chi connectivity index (χ1n) is 8.19. The molecule has 2 aromatic carbocycles. The highest BCUT2D eigenvalue weighted by atomic mass is 16.5. The highest BCUT2D eigenvalue weighted by Gasteiger charge is 2.20. The topological polar surface area (TPSA) is 86.1 Å². The van der Waals surface area contributed by atoms with Crippen LogP contribution in [0.25, 0.3) is 22.5 Å². The SMILES string of the molecule is COc1cccc(CC(OC)c2nnc(-c3ccc4nc[nH]c4c3)o2)c1. The van der Waals surface area contributed by atoms with E-state index in [2.05, 4.69) is 20.2 Å². The van der Waals surface area contributed by atoms with Crippen molar-refractivity contribution in [1.29, 1.82) is 0 Å². The quantitative estimate of drug-likeness (QED) is 0.572. The van der Waals surface area contributed by atoms with E-state index >= 15 is 0 Å². The molecule has 0 bridgehead atoms. The summed E-state index contributed by atoms with van der Waals surface area (Å²) in [4.78, 5) is 7.29. The van der Waals surface area contributed by atoms with Gasteiger partial charge in [0, 0.05) is 19.1 Å². The van der Waals surface area contributed by atoms with E-state index in [1.54, 1.807) is 20.5 Å². The first kappa shape index (κ1) is 16.3. The van der Waals surface area contributed by atoms with Crippen LogP contribution in [-0.2, 0) is 11.2 Å². The molecule has 1 unspecified atom stereocenters. The number of rotatable bonds is 6. The van der Waals surface area contributed by atoms with E-state index in [9.17, 15) is 0 Å². The maximum atomic E-state index is 5.86. The summed E-state index contributed by atoms with van der Waals surface area (Å²) in [6.45, 7) is 0. The van der Waals surface area contributed by atoms with Crippen molar-refractivity contribution in [2.24, 2.45) is 0 Å². The normalized spacial score (nSPS) is 12.4. The van der Waals surface area contributed by atoms with Crippen molar-refractivity contribution in [2.45, 2.75) is 12.5 Å². The molecule has 1 N–H and O–H groups in total. The molecule has 7 nitrogen and oxygen atoms in total. The van der Waals surface area contributed by atoms with Gasteiger partial charge in [0.1, 0.15) is 11.9 Å². The van der Waals surface area contributed by atoms with Crippen LogP contribution in [0.3, 0.4) is 0 Å². The first-order chi connectivity index (χ1) is 12.8. The Balaban J connectivity index is 1.58. The number of aromatic amines is 1. The Morgan fingerprint density at radius 1 is 1.12 bits per heavy atom. The molecule has 0 radical (unpaired) electrons. The van der Waals surface area contributed by atoms with E-state index < -0.39 is 0 Å². The maximum absolute atomic E-state index is 5.86. The lowest BCUT2D eigenvalue weighted by atomic mass is 10.1. The zero-order valence-corrected chi connectivity index (χ0v) is 14.5. The standard InChI is InChI=1S/C19H18N4O3/c1-24-14-5-3-4-12(8-14)9-17(25-2)19-23-22-18(26-19)13-6-7-15-16(10-13)21-11-20-15/h3-8,10-11,17H,9H2,1-2H3,(H,20,21). The Morgan fingerprint density at radius 3 is 2.88 bits per heavy atom. The van der Waals surface area contributed by atoms with Gasteiger partial charge >= 0.3 is 0 Å². The highest BCUT2D eigenvalue weighted by molar-refractivity contribution is 5.79. The molecule has 2 aromatic heterocycles. The summed E-state index contributed by atoms with van der Waals surface area (Å²) in [6, 6.07) is 13.6. The molecule has 26 heavy (non-hydrogen) atoms. The van der Waals surface area contributed by atoms with Gasteiger partial charge < -0.3 is 18.9 Å². The molecule has 0 aliphatic rings. The Kier molecular flexibility index (Phi) is 4.37. The van der Waals surface area contributed by atoms with E-state index in [1.165, 1.54) is 0 Å². The molecule has 132 valence electrons. The number of hydrogen-bond acceptors (Lipinski definition) is 6. The molecule has 0 amide bonds. The predicted molar refractivity (Wildman–Crippen MR) is 95.8 cm³/mol. The van der Waals surface area contributed by atoms with Crippen molar-refractivity contribution < 1.29 is 13.9 Å². The summed E-state index contributed by atoms with van der Waals surface area (Å²) < 4.78 is 16.7. The minimum Gasteiger partial charge on any atom is -0.497 e. The second-order valence-electron chi connectivity index (χ2n) is 5.86. The number of methoxy groups -OCH3 is 2. The van der Waals surface area contributed by atoms with Gasteiger partial charge in [0.2, 0.25) is 11.8 Å². The fourth-order valence-electron chi connectivity index (χ4n) is 2.83. The molecule has 2 heterocycles. The fraction of sp³-hybridized carbons (Fsp3) is 0.211. The van der Waals surface area contributed by atoms with Crippen LogP contribution in [0.15, 0.2) is 53.2 Å².